The van der Waals surface area contributed by atoms with Gasteiger partial charge in [0.25, 0.3) is 5.78 Å². The van der Waals surface area contributed by atoms with Crippen LogP contribution in [-0.2, 0) is 0 Å². The highest BCUT2D eigenvalue weighted by Crippen LogP contribution is 2.41. The van der Waals surface area contributed by atoms with Gasteiger partial charge >= 0.3 is 6.18 Å². The van der Waals surface area contributed by atoms with E-state index < -0.39 is 17.8 Å². The first kappa shape index (κ1) is 35.7. The average Bonchev–Trinajstić information content (AvgIpc) is 3.68. The van der Waals surface area contributed by atoms with Crippen molar-refractivity contribution in [1.29, 1.82) is 0 Å². The third-order valence-corrected chi connectivity index (χ3v) is 9.48. The van der Waals surface area contributed by atoms with Crippen LogP contribution in [0.5, 0.6) is 0 Å². The van der Waals surface area contributed by atoms with Gasteiger partial charge in [-0.2, -0.15) is 18.3 Å². The second kappa shape index (κ2) is 15.6. The van der Waals surface area contributed by atoms with Crippen molar-refractivity contribution in [2.24, 2.45) is 16.8 Å². The van der Waals surface area contributed by atoms with Crippen molar-refractivity contribution in [2.45, 2.75) is 109 Å². The fourth-order valence-electron chi connectivity index (χ4n) is 6.73. The van der Waals surface area contributed by atoms with Gasteiger partial charge in [0.05, 0.1) is 35.9 Å². The van der Waals surface area contributed by atoms with Gasteiger partial charge in [0.15, 0.2) is 0 Å². The Hall–Kier alpha value is -3.15. The number of alkyl halides is 5. The predicted octanol–water partition coefficient (Wildman–Crippen LogP) is 8.20. The van der Waals surface area contributed by atoms with Crippen molar-refractivity contribution in [2.75, 3.05) is 20.1 Å². The van der Waals surface area contributed by atoms with Crippen LogP contribution < -0.4 is 10.6 Å². The quantitative estimate of drug-likeness (QED) is 0.319. The molecule has 1 saturated heterocycles. The third kappa shape index (κ3) is 9.23. The first-order chi connectivity index (χ1) is 21.8. The monoisotopic (exact) mass is 649 g/mol. The standard InChI is InChI=1S/C20H29F2N5.C7H6F3N.C7H13N/c1-13-17(14-6-4-3-5-7-14)25-19-24-16(12-27(19)26-13)18(23-2)15-8-10-20(21,22)11-9-15;1-2-5-3-4-11-6(5)7(8,9)10;1-6-4-3-5-8-7(6)2/h12,14-15,18,23H,3-11H2,1-2H3;2-3H,1,4H2;6,8H,2-5H2,1H3. The maximum Gasteiger partial charge on any atom is 0.433 e. The second-order valence-electron chi connectivity index (χ2n) is 12.8. The first-order valence-corrected chi connectivity index (χ1v) is 16.5. The number of halogens is 5. The zero-order valence-electron chi connectivity index (χ0n) is 27.3. The Morgan fingerprint density at radius 2 is 1.76 bits per heavy atom. The molecule has 0 spiro atoms. The molecule has 2 N–H and O–H groups in total. The van der Waals surface area contributed by atoms with E-state index in [0.717, 1.165) is 23.6 Å². The summed E-state index contributed by atoms with van der Waals surface area (Å²) in [7, 11) is 1.88. The largest absolute Gasteiger partial charge is 0.433 e. The van der Waals surface area contributed by atoms with Crippen LogP contribution in [0, 0.1) is 18.8 Å². The molecule has 3 fully saturated rings. The third-order valence-electron chi connectivity index (χ3n) is 9.48. The van der Waals surface area contributed by atoms with Crippen LogP contribution in [0.1, 0.15) is 107 Å². The molecule has 12 heteroatoms. The molecule has 2 aromatic heterocycles. The van der Waals surface area contributed by atoms with Gasteiger partial charge in [-0.15, -0.1) is 0 Å². The van der Waals surface area contributed by atoms with Crippen LogP contribution in [-0.4, -0.2) is 57.5 Å². The van der Waals surface area contributed by atoms with Crippen molar-refractivity contribution in [3.63, 3.8) is 0 Å². The van der Waals surface area contributed by atoms with E-state index in [0.29, 0.717) is 30.5 Å². The Morgan fingerprint density at radius 1 is 1.07 bits per heavy atom. The highest BCUT2D eigenvalue weighted by Gasteiger charge is 2.39. The van der Waals surface area contributed by atoms with E-state index in [2.05, 4.69) is 35.7 Å². The van der Waals surface area contributed by atoms with E-state index >= 15 is 0 Å². The molecule has 6 rings (SSSR count). The highest BCUT2D eigenvalue weighted by atomic mass is 19.4. The molecule has 4 aliphatic rings. The number of piperidine rings is 1. The van der Waals surface area contributed by atoms with Crippen molar-refractivity contribution in [3.05, 3.63) is 59.9 Å². The molecule has 46 heavy (non-hydrogen) atoms. The summed E-state index contributed by atoms with van der Waals surface area (Å²) in [5.74, 6) is -0.542. The maximum atomic E-state index is 13.5. The Labute approximate surface area is 269 Å². The fourth-order valence-corrected chi connectivity index (χ4v) is 6.73. The normalized spacial score (nSPS) is 22.9. The van der Waals surface area contributed by atoms with Gasteiger partial charge in [0.1, 0.15) is 5.71 Å². The molecular formula is C34H48F5N7. The molecule has 4 heterocycles. The van der Waals surface area contributed by atoms with E-state index in [4.69, 9.17) is 15.1 Å². The van der Waals surface area contributed by atoms with Crippen LogP contribution in [0.15, 0.2) is 47.8 Å². The molecule has 7 nitrogen and oxygen atoms in total. The number of nitrogens with zero attached hydrogens (tertiary/aromatic N) is 5. The highest BCUT2D eigenvalue weighted by molar-refractivity contribution is 6.07. The molecule has 2 aliphatic carbocycles. The lowest BCUT2D eigenvalue weighted by Gasteiger charge is -2.32. The fraction of sp³-hybridized carbons (Fsp3) is 0.647. The van der Waals surface area contributed by atoms with E-state index in [1.54, 1.807) is 4.52 Å². The predicted molar refractivity (Wildman–Crippen MR) is 172 cm³/mol. The summed E-state index contributed by atoms with van der Waals surface area (Å²) in [6.07, 6.45) is 9.88. The maximum absolute atomic E-state index is 13.5. The number of imidazole rings is 1. The van der Waals surface area contributed by atoms with Gasteiger partial charge in [-0.1, -0.05) is 51.5 Å². The summed E-state index contributed by atoms with van der Waals surface area (Å²) in [4.78, 5) is 12.9. The Bertz CT molecular complexity index is 1390. The van der Waals surface area contributed by atoms with E-state index in [1.807, 2.05) is 20.2 Å². The van der Waals surface area contributed by atoms with Crippen LogP contribution in [0.4, 0.5) is 22.0 Å². The molecule has 2 saturated carbocycles. The van der Waals surface area contributed by atoms with Crippen LogP contribution in [0.3, 0.4) is 0 Å². The average molecular weight is 650 g/mol. The topological polar surface area (TPSA) is 79.5 Å². The van der Waals surface area contributed by atoms with Crippen LogP contribution >= 0.6 is 0 Å². The van der Waals surface area contributed by atoms with Crippen molar-refractivity contribution in [3.8, 4) is 0 Å². The lowest BCUT2D eigenvalue weighted by molar-refractivity contribution is -0.0580. The molecule has 2 aliphatic heterocycles. The molecule has 2 unspecified atom stereocenters. The molecule has 0 aromatic carbocycles. The van der Waals surface area contributed by atoms with Gasteiger partial charge in [0.2, 0.25) is 5.92 Å². The van der Waals surface area contributed by atoms with Gasteiger partial charge in [-0.3, -0.25) is 4.99 Å². The smallest absolute Gasteiger partial charge is 0.389 e. The van der Waals surface area contributed by atoms with E-state index in [1.165, 1.54) is 62.8 Å². The zero-order valence-corrected chi connectivity index (χ0v) is 27.3. The Morgan fingerprint density at radius 3 is 2.30 bits per heavy atom. The minimum absolute atomic E-state index is 0.0370. The zero-order chi connectivity index (χ0) is 33.5. The second-order valence-corrected chi connectivity index (χ2v) is 12.8. The molecule has 0 amide bonds. The number of aromatic nitrogens is 4. The van der Waals surface area contributed by atoms with Crippen LogP contribution in [0.2, 0.25) is 0 Å². The molecule has 0 radical (unpaired) electrons. The number of fused-ring (bicyclic) bond motifs is 1. The number of allylic oxidation sites excluding steroid dienone is 3. The van der Waals surface area contributed by atoms with Crippen molar-refractivity contribution >= 4 is 11.5 Å². The minimum atomic E-state index is -4.34. The van der Waals surface area contributed by atoms with E-state index in [9.17, 15) is 22.0 Å². The molecule has 2 aromatic rings. The Kier molecular flexibility index (Phi) is 12.1. The number of hydrogen-bond donors (Lipinski definition) is 2. The summed E-state index contributed by atoms with van der Waals surface area (Å²) in [6.45, 7) is 12.6. The van der Waals surface area contributed by atoms with Gasteiger partial charge < -0.3 is 10.6 Å². The molecule has 0 bridgehead atoms. The molecule has 2 atom stereocenters. The summed E-state index contributed by atoms with van der Waals surface area (Å²) in [5.41, 5.74) is 3.39. The van der Waals surface area contributed by atoms with Crippen molar-refractivity contribution in [1.82, 2.24) is 30.2 Å². The van der Waals surface area contributed by atoms with Gasteiger partial charge in [-0.05, 0) is 64.3 Å². The number of hydrogen-bond acceptors (Lipinski definition) is 6. The lowest BCUT2D eigenvalue weighted by Crippen LogP contribution is -2.32. The van der Waals surface area contributed by atoms with Crippen molar-refractivity contribution < 1.29 is 22.0 Å². The number of aryl methyl sites for hydroxylation is 1. The summed E-state index contributed by atoms with van der Waals surface area (Å²) < 4.78 is 64.7. The SMILES string of the molecule is C=C1NCCCC1C.C=CC1=CCN=C1C(F)(F)F.CNC(c1cn2nc(C)c(C3CCCCC3)nc2n1)C1CCC(F)(F)CC1. The minimum Gasteiger partial charge on any atom is -0.389 e. The number of aliphatic imine (C=N–C) groups is 1. The molecular weight excluding hydrogens is 601 g/mol. The number of rotatable bonds is 5. The number of nitrogens with one attached hydrogen (secondary N) is 2. The molecule has 254 valence electrons. The van der Waals surface area contributed by atoms with Crippen LogP contribution in [0.25, 0.3) is 5.78 Å². The van der Waals surface area contributed by atoms with Gasteiger partial charge in [-0.25, -0.2) is 23.3 Å². The summed E-state index contributed by atoms with van der Waals surface area (Å²) in [6, 6.07) is -0.0389. The van der Waals surface area contributed by atoms with E-state index in [-0.39, 0.29) is 36.9 Å². The van der Waals surface area contributed by atoms with Gasteiger partial charge in [0, 0.05) is 36.6 Å². The Balaban J connectivity index is 0.000000206. The lowest BCUT2D eigenvalue weighted by atomic mass is 9.81. The first-order valence-electron chi connectivity index (χ1n) is 16.5. The summed E-state index contributed by atoms with van der Waals surface area (Å²) in [5, 5.41) is 11.2. The summed E-state index contributed by atoms with van der Waals surface area (Å²) >= 11 is 0.